The molecule has 0 amide bonds. The van der Waals surface area contributed by atoms with Gasteiger partial charge in [0.05, 0.1) is 13.2 Å². The highest BCUT2D eigenvalue weighted by Gasteiger charge is 2.17. The van der Waals surface area contributed by atoms with Gasteiger partial charge in [-0.25, -0.2) is 0 Å². The molecule has 5 heteroatoms. The van der Waals surface area contributed by atoms with Crippen LogP contribution in [-0.4, -0.2) is 20.3 Å². The molecule has 0 spiro atoms. The van der Waals surface area contributed by atoms with Gasteiger partial charge in [-0.05, 0) is 41.5 Å². The Balaban J connectivity index is 1.96. The Labute approximate surface area is 131 Å². The van der Waals surface area contributed by atoms with Crippen LogP contribution < -0.4 is 19.9 Å². The molecule has 1 heterocycles. The van der Waals surface area contributed by atoms with Gasteiger partial charge in [0.1, 0.15) is 19.0 Å². The lowest BCUT2D eigenvalue weighted by atomic mass is 9.99. The molecule has 1 aliphatic heterocycles. The lowest BCUT2D eigenvalue weighted by molar-refractivity contribution is 0.171. The lowest BCUT2D eigenvalue weighted by Gasteiger charge is -2.21. The predicted molar refractivity (Wildman–Crippen MR) is 84.2 cm³/mol. The highest BCUT2D eigenvalue weighted by atomic mass is 79.9. The molecule has 2 N–H and O–H groups in total. The summed E-state index contributed by atoms with van der Waals surface area (Å²) in [5.41, 5.74) is 8.32. The standard InChI is InChI=1S/C16H16BrNO3/c1-19-11-3-4-13(17)12(9-11)16(18)10-2-5-14-15(8-10)21-7-6-20-14/h2-5,8-9,16H,6-7,18H2,1H3. The first-order valence-electron chi connectivity index (χ1n) is 6.67. The van der Waals surface area contributed by atoms with Crippen molar-refractivity contribution in [3.63, 3.8) is 0 Å². The summed E-state index contributed by atoms with van der Waals surface area (Å²) in [6.07, 6.45) is 0. The summed E-state index contributed by atoms with van der Waals surface area (Å²) in [6.45, 7) is 1.15. The number of rotatable bonds is 3. The first kappa shape index (κ1) is 14.2. The summed E-state index contributed by atoms with van der Waals surface area (Å²) < 4.78 is 17.4. The minimum absolute atomic E-state index is 0.273. The van der Waals surface area contributed by atoms with E-state index >= 15 is 0 Å². The van der Waals surface area contributed by atoms with E-state index in [1.54, 1.807) is 7.11 Å². The van der Waals surface area contributed by atoms with Gasteiger partial charge in [0.25, 0.3) is 0 Å². The minimum Gasteiger partial charge on any atom is -0.497 e. The quantitative estimate of drug-likeness (QED) is 0.923. The highest BCUT2D eigenvalue weighted by Crippen LogP contribution is 2.36. The van der Waals surface area contributed by atoms with Crippen molar-refractivity contribution in [2.24, 2.45) is 5.73 Å². The summed E-state index contributed by atoms with van der Waals surface area (Å²) >= 11 is 3.54. The molecule has 2 aromatic rings. The fourth-order valence-electron chi connectivity index (χ4n) is 2.32. The first-order valence-corrected chi connectivity index (χ1v) is 7.47. The molecule has 2 aromatic carbocycles. The van der Waals surface area contributed by atoms with E-state index in [0.717, 1.165) is 32.8 Å². The molecule has 1 unspecified atom stereocenters. The van der Waals surface area contributed by atoms with Gasteiger partial charge in [0.15, 0.2) is 11.5 Å². The second-order valence-electron chi connectivity index (χ2n) is 4.77. The van der Waals surface area contributed by atoms with Crippen molar-refractivity contribution in [1.82, 2.24) is 0 Å². The number of halogens is 1. The topological polar surface area (TPSA) is 53.7 Å². The van der Waals surface area contributed by atoms with Crippen molar-refractivity contribution >= 4 is 15.9 Å². The van der Waals surface area contributed by atoms with Gasteiger partial charge in [-0.3, -0.25) is 0 Å². The third-order valence-electron chi connectivity index (χ3n) is 3.46. The van der Waals surface area contributed by atoms with Crippen LogP contribution in [0.2, 0.25) is 0 Å². The SMILES string of the molecule is COc1ccc(Br)c(C(N)c2ccc3c(c2)OCCO3)c1. The number of methoxy groups -OCH3 is 1. The van der Waals surface area contributed by atoms with Gasteiger partial charge in [-0.2, -0.15) is 0 Å². The van der Waals surface area contributed by atoms with E-state index in [2.05, 4.69) is 15.9 Å². The number of fused-ring (bicyclic) bond motifs is 1. The van der Waals surface area contributed by atoms with E-state index in [1.165, 1.54) is 0 Å². The molecule has 1 aliphatic rings. The Hall–Kier alpha value is -1.72. The maximum atomic E-state index is 6.39. The van der Waals surface area contributed by atoms with Crippen molar-refractivity contribution in [2.45, 2.75) is 6.04 Å². The second-order valence-corrected chi connectivity index (χ2v) is 5.62. The summed E-state index contributed by atoms with van der Waals surface area (Å²) in [4.78, 5) is 0. The van der Waals surface area contributed by atoms with Crippen molar-refractivity contribution in [1.29, 1.82) is 0 Å². The molecule has 21 heavy (non-hydrogen) atoms. The summed E-state index contributed by atoms with van der Waals surface area (Å²) in [7, 11) is 1.64. The molecule has 0 radical (unpaired) electrons. The second kappa shape index (κ2) is 5.95. The largest absolute Gasteiger partial charge is 0.497 e. The van der Waals surface area contributed by atoms with Crippen LogP contribution in [-0.2, 0) is 0 Å². The summed E-state index contributed by atoms with van der Waals surface area (Å²) in [6, 6.07) is 11.3. The third kappa shape index (κ3) is 2.84. The minimum atomic E-state index is -0.273. The van der Waals surface area contributed by atoms with E-state index < -0.39 is 0 Å². The summed E-state index contributed by atoms with van der Waals surface area (Å²) in [5.74, 6) is 2.29. The Morgan fingerprint density at radius 2 is 1.86 bits per heavy atom. The van der Waals surface area contributed by atoms with Gasteiger partial charge in [0.2, 0.25) is 0 Å². The number of benzene rings is 2. The van der Waals surface area contributed by atoms with Crippen molar-refractivity contribution in [2.75, 3.05) is 20.3 Å². The van der Waals surface area contributed by atoms with Crippen LogP contribution in [0, 0.1) is 0 Å². The van der Waals surface area contributed by atoms with Crippen molar-refractivity contribution in [3.8, 4) is 17.2 Å². The van der Waals surface area contributed by atoms with Crippen molar-refractivity contribution < 1.29 is 14.2 Å². The van der Waals surface area contributed by atoms with E-state index in [0.29, 0.717) is 13.2 Å². The van der Waals surface area contributed by atoms with Gasteiger partial charge in [0, 0.05) is 4.47 Å². The van der Waals surface area contributed by atoms with E-state index in [9.17, 15) is 0 Å². The number of hydrogen-bond donors (Lipinski definition) is 1. The first-order chi connectivity index (χ1) is 10.2. The molecule has 0 aliphatic carbocycles. The van der Waals surface area contributed by atoms with Crippen LogP contribution in [0.5, 0.6) is 17.2 Å². The average Bonchev–Trinajstić information content (AvgIpc) is 2.54. The molecular weight excluding hydrogens is 334 g/mol. The monoisotopic (exact) mass is 349 g/mol. The Morgan fingerprint density at radius 3 is 2.62 bits per heavy atom. The van der Waals surface area contributed by atoms with Gasteiger partial charge < -0.3 is 19.9 Å². The molecular formula is C16H16BrNO3. The van der Waals surface area contributed by atoms with Crippen LogP contribution in [0.4, 0.5) is 0 Å². The van der Waals surface area contributed by atoms with Gasteiger partial charge >= 0.3 is 0 Å². The Bertz CT molecular complexity index is 660. The Morgan fingerprint density at radius 1 is 1.10 bits per heavy atom. The van der Waals surface area contributed by atoms with Gasteiger partial charge in [-0.1, -0.05) is 22.0 Å². The zero-order valence-corrected chi connectivity index (χ0v) is 13.2. The van der Waals surface area contributed by atoms with Crippen LogP contribution >= 0.6 is 15.9 Å². The number of nitrogens with two attached hydrogens (primary N) is 1. The molecule has 3 rings (SSSR count). The van der Waals surface area contributed by atoms with Gasteiger partial charge in [-0.15, -0.1) is 0 Å². The molecule has 0 bridgehead atoms. The fraction of sp³-hybridized carbons (Fsp3) is 0.250. The van der Waals surface area contributed by atoms with Crippen LogP contribution in [0.1, 0.15) is 17.2 Å². The normalized spacial score (nSPS) is 14.6. The lowest BCUT2D eigenvalue weighted by Crippen LogP contribution is -2.17. The van der Waals surface area contributed by atoms with Crippen LogP contribution in [0.3, 0.4) is 0 Å². The maximum Gasteiger partial charge on any atom is 0.161 e. The summed E-state index contributed by atoms with van der Waals surface area (Å²) in [5, 5.41) is 0. The third-order valence-corrected chi connectivity index (χ3v) is 4.19. The van der Waals surface area contributed by atoms with Crippen LogP contribution in [0.25, 0.3) is 0 Å². The van der Waals surface area contributed by atoms with E-state index in [4.69, 9.17) is 19.9 Å². The maximum absolute atomic E-state index is 6.39. The van der Waals surface area contributed by atoms with Crippen LogP contribution in [0.15, 0.2) is 40.9 Å². The smallest absolute Gasteiger partial charge is 0.161 e. The van der Waals surface area contributed by atoms with E-state index in [-0.39, 0.29) is 6.04 Å². The van der Waals surface area contributed by atoms with Crippen molar-refractivity contribution in [3.05, 3.63) is 52.0 Å². The molecule has 1 atom stereocenters. The number of ether oxygens (including phenoxy) is 3. The molecule has 0 saturated carbocycles. The molecule has 0 fully saturated rings. The molecule has 0 saturated heterocycles. The van der Waals surface area contributed by atoms with E-state index in [1.807, 2.05) is 36.4 Å². The Kier molecular flexibility index (Phi) is 4.03. The zero-order chi connectivity index (χ0) is 14.8. The predicted octanol–water partition coefficient (Wildman–Crippen LogP) is 3.28. The fourth-order valence-corrected chi connectivity index (χ4v) is 2.81. The highest BCUT2D eigenvalue weighted by molar-refractivity contribution is 9.10. The molecule has 0 aromatic heterocycles. The molecule has 110 valence electrons. The number of hydrogen-bond acceptors (Lipinski definition) is 4. The molecule has 4 nitrogen and oxygen atoms in total. The average molecular weight is 350 g/mol. The zero-order valence-electron chi connectivity index (χ0n) is 11.6.